The van der Waals surface area contributed by atoms with Crippen LogP contribution in [0.3, 0.4) is 0 Å². The van der Waals surface area contributed by atoms with Crippen molar-refractivity contribution in [3.63, 3.8) is 0 Å². The van der Waals surface area contributed by atoms with Crippen molar-refractivity contribution in [2.45, 2.75) is 13.8 Å². The Kier molecular flexibility index (Phi) is 6.14. The standard InChI is InChI=1S/C10H18N2O4/c1-5-16-10(15)9(14)12(4)6-7(2)8(13)11-3/h7H,5-6H2,1-4H3,(H,11,13). The highest BCUT2D eigenvalue weighted by molar-refractivity contribution is 6.32. The number of nitrogens with one attached hydrogen (secondary N) is 1. The van der Waals surface area contributed by atoms with Gasteiger partial charge in [-0.2, -0.15) is 0 Å². The first-order valence-corrected chi connectivity index (χ1v) is 5.07. The summed E-state index contributed by atoms with van der Waals surface area (Å²) in [4.78, 5) is 34.9. The van der Waals surface area contributed by atoms with E-state index in [9.17, 15) is 14.4 Å². The summed E-state index contributed by atoms with van der Waals surface area (Å²) >= 11 is 0. The fourth-order valence-corrected chi connectivity index (χ4v) is 1.17. The fourth-order valence-electron chi connectivity index (χ4n) is 1.17. The van der Waals surface area contributed by atoms with E-state index in [1.54, 1.807) is 13.8 Å². The third-order valence-corrected chi connectivity index (χ3v) is 2.04. The van der Waals surface area contributed by atoms with E-state index in [0.717, 1.165) is 0 Å². The minimum Gasteiger partial charge on any atom is -0.459 e. The summed E-state index contributed by atoms with van der Waals surface area (Å²) < 4.78 is 4.56. The van der Waals surface area contributed by atoms with Crippen LogP contribution in [0.15, 0.2) is 0 Å². The maximum absolute atomic E-state index is 11.4. The molecule has 0 saturated heterocycles. The molecule has 1 N–H and O–H groups in total. The molecule has 0 spiro atoms. The number of ether oxygens (including phenoxy) is 1. The molecule has 0 aromatic carbocycles. The summed E-state index contributed by atoms with van der Waals surface area (Å²) in [6.07, 6.45) is 0. The Morgan fingerprint density at radius 1 is 1.38 bits per heavy atom. The number of likely N-dealkylation sites (N-methyl/N-ethyl adjacent to an activating group) is 1. The molecule has 2 amide bonds. The molecule has 1 atom stereocenters. The first-order valence-electron chi connectivity index (χ1n) is 5.07. The van der Waals surface area contributed by atoms with Crippen molar-refractivity contribution < 1.29 is 19.1 Å². The van der Waals surface area contributed by atoms with E-state index < -0.39 is 11.9 Å². The lowest BCUT2D eigenvalue weighted by atomic mass is 10.1. The summed E-state index contributed by atoms with van der Waals surface area (Å²) in [6, 6.07) is 0. The zero-order valence-corrected chi connectivity index (χ0v) is 10.1. The number of nitrogens with zero attached hydrogens (tertiary/aromatic N) is 1. The van der Waals surface area contributed by atoms with Crippen LogP contribution >= 0.6 is 0 Å². The van der Waals surface area contributed by atoms with Gasteiger partial charge in [-0.05, 0) is 6.92 Å². The Balaban J connectivity index is 4.25. The summed E-state index contributed by atoms with van der Waals surface area (Å²) in [5.41, 5.74) is 0. The molecule has 0 saturated carbocycles. The third-order valence-electron chi connectivity index (χ3n) is 2.04. The van der Waals surface area contributed by atoms with Crippen molar-refractivity contribution in [1.82, 2.24) is 10.2 Å². The monoisotopic (exact) mass is 230 g/mol. The van der Waals surface area contributed by atoms with E-state index in [1.165, 1.54) is 19.0 Å². The molecular formula is C10H18N2O4. The molecule has 0 rings (SSSR count). The SMILES string of the molecule is CCOC(=O)C(=O)N(C)CC(C)C(=O)NC. The number of amides is 2. The first kappa shape index (κ1) is 14.4. The molecule has 0 fully saturated rings. The van der Waals surface area contributed by atoms with Crippen LogP contribution in [0.2, 0.25) is 0 Å². The van der Waals surface area contributed by atoms with Gasteiger partial charge in [-0.1, -0.05) is 6.92 Å². The first-order chi connectivity index (χ1) is 7.43. The number of carbonyl (C=O) groups is 3. The second-order valence-corrected chi connectivity index (χ2v) is 3.42. The Bertz CT molecular complexity index is 278. The maximum Gasteiger partial charge on any atom is 0.396 e. The average Bonchev–Trinajstić information content (AvgIpc) is 2.26. The molecule has 0 heterocycles. The predicted octanol–water partition coefficient (Wildman–Crippen LogP) is -0.610. The van der Waals surface area contributed by atoms with E-state index in [2.05, 4.69) is 10.1 Å². The van der Waals surface area contributed by atoms with Crippen LogP contribution in [0.25, 0.3) is 0 Å². The molecule has 0 bridgehead atoms. The van der Waals surface area contributed by atoms with Crippen LogP contribution in [0.5, 0.6) is 0 Å². The van der Waals surface area contributed by atoms with Crippen molar-refractivity contribution in [1.29, 1.82) is 0 Å². The van der Waals surface area contributed by atoms with Gasteiger partial charge < -0.3 is 15.0 Å². The van der Waals surface area contributed by atoms with Crippen LogP contribution < -0.4 is 5.32 Å². The molecule has 16 heavy (non-hydrogen) atoms. The molecule has 0 aromatic heterocycles. The Morgan fingerprint density at radius 2 is 1.94 bits per heavy atom. The van der Waals surface area contributed by atoms with Crippen molar-refractivity contribution in [3.05, 3.63) is 0 Å². The van der Waals surface area contributed by atoms with Crippen LogP contribution in [0.4, 0.5) is 0 Å². The molecule has 1 unspecified atom stereocenters. The second kappa shape index (κ2) is 6.81. The summed E-state index contributed by atoms with van der Waals surface area (Å²) in [5, 5.41) is 2.47. The van der Waals surface area contributed by atoms with Gasteiger partial charge in [-0.15, -0.1) is 0 Å². The summed E-state index contributed by atoms with van der Waals surface area (Å²) in [6.45, 7) is 3.63. The van der Waals surface area contributed by atoms with Crippen LogP contribution in [-0.2, 0) is 19.1 Å². The predicted molar refractivity (Wildman–Crippen MR) is 57.5 cm³/mol. The van der Waals surface area contributed by atoms with Crippen molar-refractivity contribution in [2.75, 3.05) is 27.2 Å². The molecule has 0 aliphatic heterocycles. The van der Waals surface area contributed by atoms with Gasteiger partial charge in [-0.3, -0.25) is 9.59 Å². The largest absolute Gasteiger partial charge is 0.459 e. The Morgan fingerprint density at radius 3 is 2.38 bits per heavy atom. The lowest BCUT2D eigenvalue weighted by Gasteiger charge is -2.19. The zero-order valence-electron chi connectivity index (χ0n) is 10.1. The Labute approximate surface area is 94.9 Å². The highest BCUT2D eigenvalue weighted by Gasteiger charge is 2.23. The third kappa shape index (κ3) is 4.29. The number of carbonyl (C=O) groups excluding carboxylic acids is 3. The number of hydrogen-bond acceptors (Lipinski definition) is 4. The second-order valence-electron chi connectivity index (χ2n) is 3.42. The lowest BCUT2D eigenvalue weighted by molar-refractivity contribution is -0.159. The van der Waals surface area contributed by atoms with Crippen LogP contribution in [0, 0.1) is 5.92 Å². The highest BCUT2D eigenvalue weighted by Crippen LogP contribution is 1.99. The van der Waals surface area contributed by atoms with Crippen LogP contribution in [-0.4, -0.2) is 49.9 Å². The fraction of sp³-hybridized carbons (Fsp3) is 0.700. The molecule has 6 heteroatoms. The van der Waals surface area contributed by atoms with Gasteiger partial charge in [0, 0.05) is 20.6 Å². The molecule has 0 aromatic rings. The normalized spacial score (nSPS) is 11.5. The van der Waals surface area contributed by atoms with E-state index in [1.807, 2.05) is 0 Å². The van der Waals surface area contributed by atoms with E-state index in [0.29, 0.717) is 0 Å². The molecule has 0 aliphatic rings. The minimum atomic E-state index is -0.894. The lowest BCUT2D eigenvalue weighted by Crippen LogP contribution is -2.40. The van der Waals surface area contributed by atoms with E-state index in [4.69, 9.17) is 0 Å². The number of esters is 1. The summed E-state index contributed by atoms with van der Waals surface area (Å²) in [7, 11) is 2.98. The average molecular weight is 230 g/mol. The van der Waals surface area contributed by atoms with Gasteiger partial charge in [0.05, 0.1) is 12.5 Å². The molecule has 92 valence electrons. The van der Waals surface area contributed by atoms with Gasteiger partial charge in [0.15, 0.2) is 0 Å². The van der Waals surface area contributed by atoms with Crippen molar-refractivity contribution >= 4 is 17.8 Å². The van der Waals surface area contributed by atoms with E-state index in [-0.39, 0.29) is 25.0 Å². The smallest absolute Gasteiger partial charge is 0.396 e. The minimum absolute atomic E-state index is 0.156. The Hall–Kier alpha value is -1.59. The highest BCUT2D eigenvalue weighted by atomic mass is 16.5. The zero-order chi connectivity index (χ0) is 12.7. The van der Waals surface area contributed by atoms with Crippen LogP contribution in [0.1, 0.15) is 13.8 Å². The van der Waals surface area contributed by atoms with Gasteiger partial charge in [0.2, 0.25) is 5.91 Å². The van der Waals surface area contributed by atoms with Gasteiger partial charge >= 0.3 is 11.9 Å². The molecule has 6 nitrogen and oxygen atoms in total. The van der Waals surface area contributed by atoms with Gasteiger partial charge in [0.1, 0.15) is 0 Å². The number of rotatable bonds is 4. The quantitative estimate of drug-likeness (QED) is 0.516. The van der Waals surface area contributed by atoms with Crippen molar-refractivity contribution in [3.8, 4) is 0 Å². The molecule has 0 aliphatic carbocycles. The molecular weight excluding hydrogens is 212 g/mol. The number of hydrogen-bond donors (Lipinski definition) is 1. The molecule has 0 radical (unpaired) electrons. The maximum atomic E-state index is 11.4. The van der Waals surface area contributed by atoms with Crippen molar-refractivity contribution in [2.24, 2.45) is 5.92 Å². The summed E-state index contributed by atoms with van der Waals surface area (Å²) in [5.74, 6) is -2.18. The van der Waals surface area contributed by atoms with E-state index >= 15 is 0 Å². The topological polar surface area (TPSA) is 75.7 Å². The van der Waals surface area contributed by atoms with Gasteiger partial charge in [-0.25, -0.2) is 4.79 Å². The van der Waals surface area contributed by atoms with Gasteiger partial charge in [0.25, 0.3) is 0 Å².